The molecule has 0 unspecified atom stereocenters. The number of pyridine rings is 1. The molecule has 0 bridgehead atoms. The van der Waals surface area contributed by atoms with Crippen molar-refractivity contribution in [2.75, 3.05) is 0 Å². The highest BCUT2D eigenvalue weighted by molar-refractivity contribution is 7.15. The van der Waals surface area contributed by atoms with E-state index in [9.17, 15) is 0 Å². The maximum atomic E-state index is 5.93. The first-order valence-electron chi connectivity index (χ1n) is 6.21. The summed E-state index contributed by atoms with van der Waals surface area (Å²) in [6.45, 7) is 2.27. The van der Waals surface area contributed by atoms with E-state index in [1.807, 2.05) is 19.1 Å². The number of ether oxygens (including phenoxy) is 1. The number of nitrogens with zero attached hydrogens (tertiary/aromatic N) is 4. The SMILES string of the molecule is Cc1nc(COc2ncccn2)sc1-c1cccc(Cl)n1. The van der Waals surface area contributed by atoms with Crippen molar-refractivity contribution in [3.63, 3.8) is 0 Å². The molecule has 0 spiro atoms. The lowest BCUT2D eigenvalue weighted by atomic mass is 10.3. The molecule has 0 fully saturated rings. The van der Waals surface area contributed by atoms with E-state index in [-0.39, 0.29) is 0 Å². The summed E-state index contributed by atoms with van der Waals surface area (Å²) < 4.78 is 5.50. The number of thiazole rings is 1. The Morgan fingerprint density at radius 3 is 2.71 bits per heavy atom. The van der Waals surface area contributed by atoms with Gasteiger partial charge in [0.1, 0.15) is 16.8 Å². The molecular formula is C14H11ClN4OS. The van der Waals surface area contributed by atoms with Gasteiger partial charge in [0.2, 0.25) is 0 Å². The van der Waals surface area contributed by atoms with Crippen LogP contribution in [0.2, 0.25) is 5.15 Å². The zero-order valence-electron chi connectivity index (χ0n) is 11.2. The van der Waals surface area contributed by atoms with Gasteiger partial charge in [0.05, 0.1) is 16.3 Å². The van der Waals surface area contributed by atoms with E-state index in [0.29, 0.717) is 17.8 Å². The third kappa shape index (κ3) is 3.34. The Morgan fingerprint density at radius 2 is 1.95 bits per heavy atom. The standard InChI is InChI=1S/C14H11ClN4OS/c1-9-13(10-4-2-5-11(15)19-10)21-12(18-9)8-20-14-16-6-3-7-17-14/h2-7H,8H2,1H3. The first kappa shape index (κ1) is 13.9. The molecule has 3 aromatic heterocycles. The van der Waals surface area contributed by atoms with Gasteiger partial charge in [-0.2, -0.15) is 0 Å². The zero-order valence-corrected chi connectivity index (χ0v) is 12.7. The molecule has 3 rings (SSSR count). The van der Waals surface area contributed by atoms with Crippen LogP contribution in [0.1, 0.15) is 10.7 Å². The van der Waals surface area contributed by atoms with Gasteiger partial charge in [-0.1, -0.05) is 17.7 Å². The number of rotatable bonds is 4. The van der Waals surface area contributed by atoms with Gasteiger partial charge >= 0.3 is 6.01 Å². The van der Waals surface area contributed by atoms with E-state index in [1.165, 1.54) is 11.3 Å². The maximum Gasteiger partial charge on any atom is 0.316 e. The van der Waals surface area contributed by atoms with E-state index in [0.717, 1.165) is 21.3 Å². The van der Waals surface area contributed by atoms with Gasteiger partial charge < -0.3 is 4.74 Å². The van der Waals surface area contributed by atoms with Crippen LogP contribution in [0, 0.1) is 6.92 Å². The lowest BCUT2D eigenvalue weighted by molar-refractivity contribution is 0.280. The molecule has 21 heavy (non-hydrogen) atoms. The van der Waals surface area contributed by atoms with Gasteiger partial charge in [0, 0.05) is 12.4 Å². The smallest absolute Gasteiger partial charge is 0.316 e. The van der Waals surface area contributed by atoms with E-state index < -0.39 is 0 Å². The van der Waals surface area contributed by atoms with Crippen molar-refractivity contribution in [3.05, 3.63) is 52.5 Å². The summed E-state index contributed by atoms with van der Waals surface area (Å²) in [6, 6.07) is 7.61. The van der Waals surface area contributed by atoms with Crippen molar-refractivity contribution >= 4 is 22.9 Å². The summed E-state index contributed by atoms with van der Waals surface area (Å²) in [5.41, 5.74) is 1.72. The molecule has 0 N–H and O–H groups in total. The van der Waals surface area contributed by atoms with Crippen molar-refractivity contribution < 1.29 is 4.74 Å². The highest BCUT2D eigenvalue weighted by atomic mass is 35.5. The molecule has 0 aliphatic heterocycles. The van der Waals surface area contributed by atoms with Crippen LogP contribution in [0.4, 0.5) is 0 Å². The third-order valence-corrected chi connectivity index (χ3v) is 4.02. The molecule has 0 saturated carbocycles. The van der Waals surface area contributed by atoms with Crippen LogP contribution in [-0.2, 0) is 6.61 Å². The molecule has 3 aromatic rings. The highest BCUT2D eigenvalue weighted by Crippen LogP contribution is 2.29. The van der Waals surface area contributed by atoms with E-state index in [2.05, 4.69) is 19.9 Å². The third-order valence-electron chi connectivity index (χ3n) is 2.66. The quantitative estimate of drug-likeness (QED) is 0.689. The monoisotopic (exact) mass is 318 g/mol. The minimum absolute atomic E-state index is 0.329. The Bertz CT molecular complexity index is 748. The van der Waals surface area contributed by atoms with Crippen molar-refractivity contribution in [3.8, 4) is 16.6 Å². The predicted molar refractivity (Wildman–Crippen MR) is 81.5 cm³/mol. The molecule has 0 aliphatic rings. The fourth-order valence-corrected chi connectivity index (χ4v) is 2.88. The van der Waals surface area contributed by atoms with Crippen LogP contribution in [0.25, 0.3) is 10.6 Å². The van der Waals surface area contributed by atoms with E-state index in [4.69, 9.17) is 16.3 Å². The van der Waals surface area contributed by atoms with Gasteiger partial charge in [-0.05, 0) is 25.1 Å². The largest absolute Gasteiger partial charge is 0.456 e. The second kappa shape index (κ2) is 6.15. The van der Waals surface area contributed by atoms with Crippen molar-refractivity contribution in [2.24, 2.45) is 0 Å². The minimum Gasteiger partial charge on any atom is -0.456 e. The van der Waals surface area contributed by atoms with Gasteiger partial charge in [0.25, 0.3) is 0 Å². The average Bonchev–Trinajstić information content (AvgIpc) is 2.87. The van der Waals surface area contributed by atoms with Crippen LogP contribution in [0.15, 0.2) is 36.7 Å². The van der Waals surface area contributed by atoms with Crippen molar-refractivity contribution in [1.29, 1.82) is 0 Å². The zero-order chi connectivity index (χ0) is 14.7. The molecule has 0 radical (unpaired) electrons. The highest BCUT2D eigenvalue weighted by Gasteiger charge is 2.12. The van der Waals surface area contributed by atoms with Crippen LogP contribution in [0.3, 0.4) is 0 Å². The molecular weight excluding hydrogens is 308 g/mol. The second-order valence-electron chi connectivity index (χ2n) is 4.19. The number of aromatic nitrogens is 4. The van der Waals surface area contributed by atoms with Crippen LogP contribution < -0.4 is 4.74 Å². The summed E-state index contributed by atoms with van der Waals surface area (Å²) in [4.78, 5) is 17.8. The molecule has 0 saturated heterocycles. The number of aryl methyl sites for hydroxylation is 1. The molecule has 3 heterocycles. The Morgan fingerprint density at radius 1 is 1.14 bits per heavy atom. The maximum absolute atomic E-state index is 5.93. The molecule has 5 nitrogen and oxygen atoms in total. The first-order valence-corrected chi connectivity index (χ1v) is 7.41. The summed E-state index contributed by atoms with van der Waals surface area (Å²) in [5.74, 6) is 0. The van der Waals surface area contributed by atoms with Gasteiger partial charge in [0.15, 0.2) is 0 Å². The lowest BCUT2D eigenvalue weighted by Crippen LogP contribution is -1.98. The summed E-state index contributed by atoms with van der Waals surface area (Å²) in [5, 5.41) is 1.31. The van der Waals surface area contributed by atoms with Crippen molar-refractivity contribution in [2.45, 2.75) is 13.5 Å². The summed E-state index contributed by atoms with van der Waals surface area (Å²) in [7, 11) is 0. The van der Waals surface area contributed by atoms with E-state index >= 15 is 0 Å². The Labute approximate surface area is 130 Å². The molecule has 106 valence electrons. The number of halogens is 1. The average molecular weight is 319 g/mol. The summed E-state index contributed by atoms with van der Waals surface area (Å²) >= 11 is 7.45. The molecule has 0 aromatic carbocycles. The van der Waals surface area contributed by atoms with Crippen molar-refractivity contribution in [1.82, 2.24) is 19.9 Å². The molecule has 0 amide bonds. The van der Waals surface area contributed by atoms with Gasteiger partial charge in [-0.25, -0.2) is 19.9 Å². The fraction of sp³-hybridized carbons (Fsp3) is 0.143. The fourth-order valence-electron chi connectivity index (χ4n) is 1.77. The van der Waals surface area contributed by atoms with Gasteiger partial charge in [-0.3, -0.25) is 0 Å². The number of hydrogen-bond donors (Lipinski definition) is 0. The minimum atomic E-state index is 0.329. The van der Waals surface area contributed by atoms with Crippen LogP contribution >= 0.6 is 22.9 Å². The molecule has 7 heteroatoms. The lowest BCUT2D eigenvalue weighted by Gasteiger charge is -1.99. The first-order chi connectivity index (χ1) is 10.2. The molecule has 0 atom stereocenters. The topological polar surface area (TPSA) is 60.8 Å². The van der Waals surface area contributed by atoms with Crippen LogP contribution in [0.5, 0.6) is 6.01 Å². The van der Waals surface area contributed by atoms with Gasteiger partial charge in [-0.15, -0.1) is 11.3 Å². The normalized spacial score (nSPS) is 10.6. The van der Waals surface area contributed by atoms with Crippen LogP contribution in [-0.4, -0.2) is 19.9 Å². The Balaban J connectivity index is 1.78. The van der Waals surface area contributed by atoms with E-state index in [1.54, 1.807) is 24.5 Å². The molecule has 0 aliphatic carbocycles. The second-order valence-corrected chi connectivity index (χ2v) is 5.66. The Kier molecular flexibility index (Phi) is 4.08. The number of hydrogen-bond acceptors (Lipinski definition) is 6. The summed E-state index contributed by atoms with van der Waals surface area (Å²) in [6.07, 6.45) is 3.27. The Hall–Kier alpha value is -2.05. The predicted octanol–water partition coefficient (Wildman–Crippen LogP) is 3.54.